The van der Waals surface area contributed by atoms with Gasteiger partial charge in [0.2, 0.25) is 0 Å². The molecule has 0 amide bonds. The third kappa shape index (κ3) is 3.09. The minimum atomic E-state index is 0.00961. The maximum absolute atomic E-state index is 12.3. The van der Waals surface area contributed by atoms with Gasteiger partial charge in [-0.2, -0.15) is 0 Å². The molecule has 0 spiro atoms. The Labute approximate surface area is 147 Å². The number of methoxy groups -OCH3 is 1. The van der Waals surface area contributed by atoms with Gasteiger partial charge < -0.3 is 14.4 Å². The number of nitrogens with zero attached hydrogens (tertiary/aromatic N) is 3. The van der Waals surface area contributed by atoms with Crippen LogP contribution in [0.3, 0.4) is 0 Å². The van der Waals surface area contributed by atoms with Crippen molar-refractivity contribution >= 4 is 17.3 Å². The number of anilines is 2. The van der Waals surface area contributed by atoms with Crippen LogP contribution in [0.1, 0.15) is 46.3 Å². The summed E-state index contributed by atoms with van der Waals surface area (Å²) < 4.78 is 11.1. The van der Waals surface area contributed by atoms with Gasteiger partial charge in [-0.05, 0) is 44.0 Å². The van der Waals surface area contributed by atoms with Gasteiger partial charge in [-0.15, -0.1) is 0 Å². The summed E-state index contributed by atoms with van der Waals surface area (Å²) in [6, 6.07) is 3.98. The van der Waals surface area contributed by atoms with Gasteiger partial charge in [-0.1, -0.05) is 6.92 Å². The van der Waals surface area contributed by atoms with Crippen LogP contribution >= 0.6 is 0 Å². The molecular formula is C19H23N3O3. The molecule has 1 aliphatic heterocycles. The van der Waals surface area contributed by atoms with Gasteiger partial charge >= 0.3 is 0 Å². The first-order chi connectivity index (χ1) is 12.0. The molecule has 2 aromatic rings. The minimum absolute atomic E-state index is 0.00961. The van der Waals surface area contributed by atoms with Crippen molar-refractivity contribution in [1.82, 2.24) is 9.97 Å². The van der Waals surface area contributed by atoms with Crippen molar-refractivity contribution in [2.24, 2.45) is 0 Å². The Bertz CT molecular complexity index is 810. The normalized spacial score (nSPS) is 13.6. The van der Waals surface area contributed by atoms with Gasteiger partial charge in [0.25, 0.3) is 0 Å². The first-order valence-electron chi connectivity index (χ1n) is 8.37. The topological polar surface area (TPSA) is 64.5 Å². The van der Waals surface area contributed by atoms with Gasteiger partial charge in [0.05, 0.1) is 25.0 Å². The Morgan fingerprint density at radius 3 is 2.52 bits per heavy atom. The zero-order valence-electron chi connectivity index (χ0n) is 15.3. The van der Waals surface area contributed by atoms with Gasteiger partial charge in [0.15, 0.2) is 5.78 Å². The van der Waals surface area contributed by atoms with Gasteiger partial charge in [0.1, 0.15) is 29.8 Å². The van der Waals surface area contributed by atoms with E-state index in [0.717, 1.165) is 33.9 Å². The molecule has 0 aliphatic carbocycles. The van der Waals surface area contributed by atoms with Crippen molar-refractivity contribution in [2.45, 2.75) is 40.7 Å². The molecule has 1 aromatic carbocycles. The van der Waals surface area contributed by atoms with Crippen LogP contribution in [0.2, 0.25) is 0 Å². The lowest BCUT2D eigenvalue weighted by Gasteiger charge is -2.33. The van der Waals surface area contributed by atoms with Crippen LogP contribution in [0.4, 0.5) is 11.5 Å². The summed E-state index contributed by atoms with van der Waals surface area (Å²) in [5.74, 6) is 2.17. The maximum Gasteiger partial charge on any atom is 0.181 e. The van der Waals surface area contributed by atoms with E-state index >= 15 is 0 Å². The molecule has 0 saturated heterocycles. The lowest BCUT2D eigenvalue weighted by molar-refractivity contribution is 0.0957. The van der Waals surface area contributed by atoms with Crippen LogP contribution in [0.15, 0.2) is 12.1 Å². The van der Waals surface area contributed by atoms with Crippen molar-refractivity contribution in [3.8, 4) is 5.75 Å². The summed E-state index contributed by atoms with van der Waals surface area (Å²) in [5, 5.41) is 0. The molecule has 6 heteroatoms. The van der Waals surface area contributed by atoms with E-state index in [1.165, 1.54) is 0 Å². The van der Waals surface area contributed by atoms with Crippen LogP contribution in [-0.4, -0.2) is 29.6 Å². The molecular weight excluding hydrogens is 318 g/mol. The molecule has 0 atom stereocenters. The molecule has 0 fully saturated rings. The Morgan fingerprint density at radius 1 is 1.24 bits per heavy atom. The van der Waals surface area contributed by atoms with Crippen molar-refractivity contribution in [3.05, 3.63) is 40.3 Å². The number of hydrogen-bond acceptors (Lipinski definition) is 6. The first-order valence-corrected chi connectivity index (χ1v) is 8.37. The molecule has 0 saturated carbocycles. The molecule has 0 radical (unpaired) electrons. The van der Waals surface area contributed by atoms with E-state index in [4.69, 9.17) is 9.47 Å². The summed E-state index contributed by atoms with van der Waals surface area (Å²) >= 11 is 0. The summed E-state index contributed by atoms with van der Waals surface area (Å²) in [7, 11) is 1.66. The number of aromatic nitrogens is 2. The zero-order valence-corrected chi connectivity index (χ0v) is 15.3. The Balaban J connectivity index is 2.18. The van der Waals surface area contributed by atoms with Crippen molar-refractivity contribution in [3.63, 3.8) is 0 Å². The Kier molecular flexibility index (Phi) is 4.72. The molecule has 0 unspecified atom stereocenters. The molecule has 0 bridgehead atoms. The average Bonchev–Trinajstić information content (AvgIpc) is 2.60. The fourth-order valence-electron chi connectivity index (χ4n) is 3.27. The number of benzene rings is 1. The average molecular weight is 341 g/mol. The lowest BCUT2D eigenvalue weighted by atomic mass is 10.0. The minimum Gasteiger partial charge on any atom is -0.497 e. The highest BCUT2D eigenvalue weighted by Gasteiger charge is 2.28. The summed E-state index contributed by atoms with van der Waals surface area (Å²) in [6.45, 7) is 8.45. The predicted octanol–water partition coefficient (Wildman–Crippen LogP) is 3.63. The second-order valence-corrected chi connectivity index (χ2v) is 6.21. The second kappa shape index (κ2) is 6.80. The number of fused-ring (bicyclic) bond motifs is 1. The van der Waals surface area contributed by atoms with Crippen molar-refractivity contribution < 1.29 is 14.3 Å². The van der Waals surface area contributed by atoms with Crippen LogP contribution in [0.25, 0.3) is 0 Å². The number of carbonyl (C=O) groups is 1. The summed E-state index contributed by atoms with van der Waals surface area (Å²) in [5.41, 5.74) is 4.38. The fourth-order valence-corrected chi connectivity index (χ4v) is 3.27. The van der Waals surface area contributed by atoms with Gasteiger partial charge in [-0.3, -0.25) is 4.79 Å². The standard InChI is InChI=1S/C19H23N3O3/c1-6-16(23)17-15-9-25-10-22(19(15)21-13(4)20-17)18-11(2)7-14(24-5)8-12(18)3/h7-8H,6,9-10H2,1-5H3. The highest BCUT2D eigenvalue weighted by atomic mass is 16.5. The third-order valence-electron chi connectivity index (χ3n) is 4.37. The van der Waals surface area contributed by atoms with E-state index in [1.54, 1.807) is 7.11 Å². The summed E-state index contributed by atoms with van der Waals surface area (Å²) in [4.78, 5) is 23.3. The molecule has 6 nitrogen and oxygen atoms in total. The Morgan fingerprint density at radius 2 is 1.92 bits per heavy atom. The number of aryl methyl sites for hydroxylation is 3. The molecule has 1 aliphatic rings. The largest absolute Gasteiger partial charge is 0.497 e. The van der Waals surface area contributed by atoms with Crippen LogP contribution in [-0.2, 0) is 11.3 Å². The predicted molar refractivity (Wildman–Crippen MR) is 95.7 cm³/mol. The van der Waals surface area contributed by atoms with Crippen LogP contribution < -0.4 is 9.64 Å². The quantitative estimate of drug-likeness (QED) is 0.791. The van der Waals surface area contributed by atoms with E-state index in [9.17, 15) is 4.79 Å². The number of hydrogen-bond donors (Lipinski definition) is 0. The fraction of sp³-hybridized carbons (Fsp3) is 0.421. The molecule has 2 heterocycles. The first kappa shape index (κ1) is 17.4. The van der Waals surface area contributed by atoms with E-state index in [0.29, 0.717) is 31.3 Å². The molecule has 0 N–H and O–H groups in total. The van der Waals surface area contributed by atoms with Crippen LogP contribution in [0, 0.1) is 20.8 Å². The molecule has 1 aromatic heterocycles. The third-order valence-corrected chi connectivity index (χ3v) is 4.37. The number of carbonyl (C=O) groups excluding carboxylic acids is 1. The Hall–Kier alpha value is -2.47. The number of rotatable bonds is 4. The van der Waals surface area contributed by atoms with Gasteiger partial charge in [-0.25, -0.2) is 9.97 Å². The molecule has 3 rings (SSSR count). The zero-order chi connectivity index (χ0) is 18.1. The summed E-state index contributed by atoms with van der Waals surface area (Å²) in [6.07, 6.45) is 0.406. The number of ketones is 1. The van der Waals surface area contributed by atoms with E-state index in [1.807, 2.05) is 44.7 Å². The second-order valence-electron chi connectivity index (χ2n) is 6.21. The smallest absolute Gasteiger partial charge is 0.181 e. The monoisotopic (exact) mass is 341 g/mol. The van der Waals surface area contributed by atoms with E-state index in [-0.39, 0.29) is 5.78 Å². The maximum atomic E-state index is 12.3. The molecule has 132 valence electrons. The highest BCUT2D eigenvalue weighted by molar-refractivity contribution is 5.96. The van der Waals surface area contributed by atoms with Crippen LogP contribution in [0.5, 0.6) is 5.75 Å². The van der Waals surface area contributed by atoms with E-state index < -0.39 is 0 Å². The SMILES string of the molecule is CCC(=O)c1nc(C)nc2c1COCN2c1c(C)cc(OC)cc1C. The van der Waals surface area contributed by atoms with Crippen molar-refractivity contribution in [1.29, 1.82) is 0 Å². The van der Waals surface area contributed by atoms with Gasteiger partial charge in [0, 0.05) is 6.42 Å². The van der Waals surface area contributed by atoms with E-state index in [2.05, 4.69) is 9.97 Å². The van der Waals surface area contributed by atoms with Crippen molar-refractivity contribution in [2.75, 3.05) is 18.7 Å². The number of ether oxygens (including phenoxy) is 2. The lowest BCUT2D eigenvalue weighted by Crippen LogP contribution is -2.31. The molecule has 25 heavy (non-hydrogen) atoms. The highest BCUT2D eigenvalue weighted by Crippen LogP contribution is 2.38. The number of Topliss-reactive ketones (excluding diaryl/α,β-unsaturated/α-hetero) is 1.